The molecule has 0 bridgehead atoms. The molecule has 1 fully saturated rings. The quantitative estimate of drug-likeness (QED) is 0.927. The maximum Gasteiger partial charge on any atom is 0.225 e. The van der Waals surface area contributed by atoms with Crippen LogP contribution in [-0.2, 0) is 11.3 Å². The number of carbonyl (C=O) groups excluding carboxylic acids is 1. The molecule has 4 heteroatoms. The number of piperidine rings is 1. The minimum absolute atomic E-state index is 0.140. The highest BCUT2D eigenvalue weighted by Gasteiger charge is 2.26. The largest absolute Gasteiger partial charge is 0.352 e. The van der Waals surface area contributed by atoms with Gasteiger partial charge in [0.15, 0.2) is 0 Å². The van der Waals surface area contributed by atoms with Gasteiger partial charge in [0, 0.05) is 29.6 Å². The van der Waals surface area contributed by atoms with E-state index < -0.39 is 0 Å². The molecule has 0 aromatic heterocycles. The van der Waals surface area contributed by atoms with E-state index >= 15 is 0 Å². The number of hydrogen-bond acceptors (Lipinski definition) is 2. The summed E-state index contributed by atoms with van der Waals surface area (Å²) in [5.41, 5.74) is 0.945. The van der Waals surface area contributed by atoms with E-state index in [4.69, 9.17) is 11.6 Å². The first-order valence-corrected chi connectivity index (χ1v) is 8.00. The zero-order chi connectivity index (χ0) is 15.5. The second kappa shape index (κ2) is 6.80. The van der Waals surface area contributed by atoms with Crippen molar-refractivity contribution >= 4 is 17.5 Å². The molecule has 0 saturated carbocycles. The van der Waals surface area contributed by atoms with Crippen LogP contribution in [-0.4, -0.2) is 29.9 Å². The summed E-state index contributed by atoms with van der Waals surface area (Å²) in [7, 11) is 0. The Labute approximate surface area is 132 Å². The van der Waals surface area contributed by atoms with Crippen molar-refractivity contribution in [2.24, 2.45) is 5.41 Å². The zero-order valence-corrected chi connectivity index (χ0v) is 13.9. The van der Waals surface area contributed by atoms with Gasteiger partial charge in [-0.1, -0.05) is 44.5 Å². The molecular formula is C17H25ClN2O. The van der Waals surface area contributed by atoms with E-state index in [1.54, 1.807) is 0 Å². The molecule has 1 N–H and O–H groups in total. The van der Waals surface area contributed by atoms with Crippen molar-refractivity contribution in [1.29, 1.82) is 0 Å². The summed E-state index contributed by atoms with van der Waals surface area (Å²) in [5, 5.41) is 3.95. The van der Waals surface area contributed by atoms with E-state index in [0.717, 1.165) is 37.5 Å². The lowest BCUT2D eigenvalue weighted by atomic mass is 9.94. The SMILES string of the molecule is CC(C)(C)C(=O)NC1CCCN(Cc2ccc(Cl)cc2)C1. The number of nitrogens with one attached hydrogen (secondary N) is 1. The summed E-state index contributed by atoms with van der Waals surface area (Å²) in [6.45, 7) is 8.79. The first kappa shape index (κ1) is 16.3. The van der Waals surface area contributed by atoms with Gasteiger partial charge in [0.2, 0.25) is 5.91 Å². The molecule has 21 heavy (non-hydrogen) atoms. The van der Waals surface area contributed by atoms with Gasteiger partial charge >= 0.3 is 0 Å². The third kappa shape index (κ3) is 5.01. The fraction of sp³-hybridized carbons (Fsp3) is 0.588. The third-order valence-electron chi connectivity index (χ3n) is 3.84. The standard InChI is InChI=1S/C17H25ClN2O/c1-17(2,3)16(21)19-15-5-4-10-20(12-15)11-13-6-8-14(18)9-7-13/h6-9,15H,4-5,10-12H2,1-3H3,(H,19,21). The topological polar surface area (TPSA) is 32.3 Å². The second-order valence-electron chi connectivity index (χ2n) is 6.92. The Kier molecular flexibility index (Phi) is 5.28. The van der Waals surface area contributed by atoms with Crippen molar-refractivity contribution in [3.63, 3.8) is 0 Å². The molecule has 1 saturated heterocycles. The van der Waals surface area contributed by atoms with Crippen LogP contribution in [0.4, 0.5) is 0 Å². The summed E-state index contributed by atoms with van der Waals surface area (Å²) >= 11 is 5.92. The summed E-state index contributed by atoms with van der Waals surface area (Å²) in [6, 6.07) is 8.26. The van der Waals surface area contributed by atoms with Crippen LogP contribution >= 0.6 is 11.6 Å². The van der Waals surface area contributed by atoms with E-state index in [1.165, 1.54) is 5.56 Å². The maximum atomic E-state index is 12.1. The van der Waals surface area contributed by atoms with Crippen molar-refractivity contribution < 1.29 is 4.79 Å². The number of nitrogens with zero attached hydrogens (tertiary/aromatic N) is 1. The lowest BCUT2D eigenvalue weighted by molar-refractivity contribution is -0.129. The van der Waals surface area contributed by atoms with Gasteiger partial charge in [-0.15, -0.1) is 0 Å². The number of halogens is 1. The smallest absolute Gasteiger partial charge is 0.225 e. The van der Waals surface area contributed by atoms with Crippen molar-refractivity contribution in [1.82, 2.24) is 10.2 Å². The number of hydrogen-bond donors (Lipinski definition) is 1. The highest BCUT2D eigenvalue weighted by molar-refractivity contribution is 6.30. The average molecular weight is 309 g/mol. The Balaban J connectivity index is 1.89. The van der Waals surface area contributed by atoms with E-state index in [0.29, 0.717) is 0 Å². The summed E-state index contributed by atoms with van der Waals surface area (Å²) in [6.07, 6.45) is 2.20. The molecule has 1 aliphatic heterocycles. The molecule has 1 heterocycles. The van der Waals surface area contributed by atoms with Crippen LogP contribution < -0.4 is 5.32 Å². The van der Waals surface area contributed by atoms with Crippen LogP contribution in [0.1, 0.15) is 39.2 Å². The van der Waals surface area contributed by atoms with Gasteiger partial charge in [-0.2, -0.15) is 0 Å². The predicted molar refractivity (Wildman–Crippen MR) is 87.3 cm³/mol. The van der Waals surface area contributed by atoms with Crippen molar-refractivity contribution in [3.8, 4) is 0 Å². The molecule has 0 radical (unpaired) electrons. The van der Waals surface area contributed by atoms with Crippen LogP contribution in [0, 0.1) is 5.41 Å². The Morgan fingerprint density at radius 1 is 1.33 bits per heavy atom. The minimum Gasteiger partial charge on any atom is -0.352 e. The van der Waals surface area contributed by atoms with E-state index in [1.807, 2.05) is 32.9 Å². The number of rotatable bonds is 3. The lowest BCUT2D eigenvalue weighted by Gasteiger charge is -2.34. The Morgan fingerprint density at radius 2 is 2.00 bits per heavy atom. The average Bonchev–Trinajstić information content (AvgIpc) is 2.41. The summed E-state index contributed by atoms with van der Waals surface area (Å²) in [5.74, 6) is 0.140. The predicted octanol–water partition coefficient (Wildman–Crippen LogP) is 3.47. The molecular weight excluding hydrogens is 284 g/mol. The normalized spacial score (nSPS) is 20.3. The molecule has 1 aromatic carbocycles. The first-order valence-electron chi connectivity index (χ1n) is 7.62. The first-order chi connectivity index (χ1) is 9.84. The Hall–Kier alpha value is -1.06. The van der Waals surface area contributed by atoms with Gasteiger partial charge in [-0.05, 0) is 37.1 Å². The van der Waals surface area contributed by atoms with Gasteiger partial charge in [-0.3, -0.25) is 9.69 Å². The van der Waals surface area contributed by atoms with E-state index in [2.05, 4.69) is 22.3 Å². The monoisotopic (exact) mass is 308 g/mol. The fourth-order valence-electron chi connectivity index (χ4n) is 2.57. The van der Waals surface area contributed by atoms with Crippen molar-refractivity contribution in [3.05, 3.63) is 34.9 Å². The Morgan fingerprint density at radius 3 is 2.62 bits per heavy atom. The molecule has 1 atom stereocenters. The number of likely N-dealkylation sites (tertiary alicyclic amines) is 1. The molecule has 2 rings (SSSR count). The number of amides is 1. The van der Waals surface area contributed by atoms with Gasteiger partial charge in [0.1, 0.15) is 0 Å². The number of carbonyl (C=O) groups is 1. The van der Waals surface area contributed by atoms with E-state index in [9.17, 15) is 4.79 Å². The molecule has 0 spiro atoms. The molecule has 0 aliphatic carbocycles. The summed E-state index contributed by atoms with van der Waals surface area (Å²) < 4.78 is 0. The highest BCUT2D eigenvalue weighted by atomic mass is 35.5. The van der Waals surface area contributed by atoms with Crippen molar-refractivity contribution in [2.75, 3.05) is 13.1 Å². The van der Waals surface area contributed by atoms with Crippen molar-refractivity contribution in [2.45, 2.75) is 46.2 Å². The summed E-state index contributed by atoms with van der Waals surface area (Å²) in [4.78, 5) is 14.5. The molecule has 116 valence electrons. The van der Waals surface area contributed by atoms with Gasteiger partial charge < -0.3 is 5.32 Å². The molecule has 1 unspecified atom stereocenters. The van der Waals surface area contributed by atoms with Gasteiger partial charge in [0.25, 0.3) is 0 Å². The van der Waals surface area contributed by atoms with Crippen LogP contribution in [0.3, 0.4) is 0 Å². The lowest BCUT2D eigenvalue weighted by Crippen LogP contribution is -2.50. The third-order valence-corrected chi connectivity index (χ3v) is 4.09. The zero-order valence-electron chi connectivity index (χ0n) is 13.2. The van der Waals surface area contributed by atoms with Crippen LogP contribution in [0.25, 0.3) is 0 Å². The van der Waals surface area contributed by atoms with E-state index in [-0.39, 0.29) is 17.4 Å². The van der Waals surface area contributed by atoms with Gasteiger partial charge in [-0.25, -0.2) is 0 Å². The van der Waals surface area contributed by atoms with Crippen LogP contribution in [0.2, 0.25) is 5.02 Å². The number of benzene rings is 1. The molecule has 1 amide bonds. The molecule has 1 aromatic rings. The van der Waals surface area contributed by atoms with Crippen LogP contribution in [0.5, 0.6) is 0 Å². The van der Waals surface area contributed by atoms with Crippen LogP contribution in [0.15, 0.2) is 24.3 Å². The molecule has 1 aliphatic rings. The fourth-order valence-corrected chi connectivity index (χ4v) is 2.69. The Bertz CT molecular complexity index is 479. The molecule has 3 nitrogen and oxygen atoms in total. The second-order valence-corrected chi connectivity index (χ2v) is 7.36. The minimum atomic E-state index is -0.321. The highest BCUT2D eigenvalue weighted by Crippen LogP contribution is 2.18. The maximum absolute atomic E-state index is 12.1. The van der Waals surface area contributed by atoms with Gasteiger partial charge in [0.05, 0.1) is 0 Å².